The van der Waals surface area contributed by atoms with Crippen molar-refractivity contribution in [3.05, 3.63) is 53.6 Å². The van der Waals surface area contributed by atoms with Crippen LogP contribution < -0.4 is 9.64 Å². The predicted octanol–water partition coefficient (Wildman–Crippen LogP) is 6.85. The number of benzene rings is 3. The van der Waals surface area contributed by atoms with E-state index in [1.165, 1.54) is 30.3 Å². The molecule has 3 saturated heterocycles. The summed E-state index contributed by atoms with van der Waals surface area (Å²) in [5.41, 5.74) is -0.533. The minimum atomic E-state index is -2.78. The van der Waals surface area contributed by atoms with Gasteiger partial charge in [-0.25, -0.2) is 22.0 Å². The molecule has 4 heterocycles. The number of alkyl halides is 3. The predicted molar refractivity (Wildman–Crippen MR) is 164 cm³/mol. The zero-order valence-corrected chi connectivity index (χ0v) is 24.9. The van der Waals surface area contributed by atoms with E-state index < -0.39 is 41.1 Å². The van der Waals surface area contributed by atoms with Gasteiger partial charge in [-0.3, -0.25) is 4.90 Å². The lowest BCUT2D eigenvalue weighted by Crippen LogP contribution is -2.49. The van der Waals surface area contributed by atoms with E-state index in [1.54, 1.807) is 11.0 Å². The van der Waals surface area contributed by atoms with Crippen LogP contribution in [-0.2, 0) is 0 Å². The number of piperidine rings is 1. The standard InChI is InChI=1S/C35H31F5N4O2/c1-2-24-28(37)9-4-19-12-23(45)13-27(29(19)24)25-7-8-26-31(30(25)38)41-33(46-18-34-10-3-11-44(34)17-22(36)14-34)42-32(26)43-15-20-5-6-21(16-43)35(20,39)40/h1,4,7-9,12-13,20-22,45H,3,5-6,10-11,14-18H2/t20?,21?,22-,34+/m1/s1. The highest BCUT2D eigenvalue weighted by atomic mass is 19.3. The molecule has 2 bridgehead atoms. The molecule has 1 N–H and O–H groups in total. The first-order valence-electron chi connectivity index (χ1n) is 15.6. The highest BCUT2D eigenvalue weighted by Gasteiger charge is 2.56. The van der Waals surface area contributed by atoms with Gasteiger partial charge >= 0.3 is 6.01 Å². The van der Waals surface area contributed by atoms with Crippen molar-refractivity contribution in [2.24, 2.45) is 11.8 Å². The number of hydrogen-bond acceptors (Lipinski definition) is 6. The summed E-state index contributed by atoms with van der Waals surface area (Å²) in [7, 11) is 0. The molecule has 8 rings (SSSR count). The highest BCUT2D eigenvalue weighted by Crippen LogP contribution is 2.50. The van der Waals surface area contributed by atoms with Crippen molar-refractivity contribution >= 4 is 27.5 Å². The molecule has 11 heteroatoms. The number of phenolic OH excluding ortho intramolecular Hbond substituents is 1. The van der Waals surface area contributed by atoms with Gasteiger partial charge in [0.05, 0.1) is 11.1 Å². The van der Waals surface area contributed by atoms with E-state index in [2.05, 4.69) is 20.8 Å². The molecule has 0 amide bonds. The zero-order valence-electron chi connectivity index (χ0n) is 24.9. The highest BCUT2D eigenvalue weighted by molar-refractivity contribution is 6.04. The molecule has 1 aliphatic carbocycles. The summed E-state index contributed by atoms with van der Waals surface area (Å²) in [4.78, 5) is 13.0. The Hall–Kier alpha value is -4.17. The maximum absolute atomic E-state index is 16.8. The van der Waals surface area contributed by atoms with E-state index in [0.717, 1.165) is 19.4 Å². The summed E-state index contributed by atoms with van der Waals surface area (Å²) >= 11 is 0. The van der Waals surface area contributed by atoms with Crippen molar-refractivity contribution < 1.29 is 31.8 Å². The fourth-order valence-corrected chi connectivity index (χ4v) is 8.39. The maximum atomic E-state index is 16.8. The van der Waals surface area contributed by atoms with Crippen molar-refractivity contribution in [3.63, 3.8) is 0 Å². The van der Waals surface area contributed by atoms with Gasteiger partial charge in [0.25, 0.3) is 5.92 Å². The van der Waals surface area contributed by atoms with E-state index in [1.807, 2.05) is 0 Å². The molecule has 1 saturated carbocycles. The molecule has 1 aromatic heterocycles. The van der Waals surface area contributed by atoms with Gasteiger partial charge in [0.15, 0.2) is 5.82 Å². The largest absolute Gasteiger partial charge is 0.508 e. The number of terminal acetylenes is 1. The summed E-state index contributed by atoms with van der Waals surface area (Å²) in [5, 5.41) is 11.5. The summed E-state index contributed by atoms with van der Waals surface area (Å²) in [5.74, 6) is -3.49. The lowest BCUT2D eigenvalue weighted by molar-refractivity contribution is -0.0830. The van der Waals surface area contributed by atoms with Crippen LogP contribution >= 0.6 is 0 Å². The summed E-state index contributed by atoms with van der Waals surface area (Å²) in [6.45, 7) is 1.27. The van der Waals surface area contributed by atoms with Gasteiger partial charge in [-0.1, -0.05) is 18.1 Å². The summed E-state index contributed by atoms with van der Waals surface area (Å²) in [6, 6.07) is 8.33. The molecule has 3 aromatic carbocycles. The molecule has 4 atom stereocenters. The van der Waals surface area contributed by atoms with Gasteiger partial charge in [0, 0.05) is 54.2 Å². The van der Waals surface area contributed by atoms with Gasteiger partial charge in [0.2, 0.25) is 0 Å². The molecule has 46 heavy (non-hydrogen) atoms. The van der Waals surface area contributed by atoms with Crippen LogP contribution in [0.2, 0.25) is 0 Å². The fraction of sp³-hybridized carbons (Fsp3) is 0.429. The van der Waals surface area contributed by atoms with Crippen LogP contribution in [0.25, 0.3) is 32.8 Å². The van der Waals surface area contributed by atoms with Crippen LogP contribution in [-0.4, -0.2) is 70.4 Å². The van der Waals surface area contributed by atoms with E-state index in [4.69, 9.17) is 11.2 Å². The van der Waals surface area contributed by atoms with Gasteiger partial charge < -0.3 is 14.7 Å². The summed E-state index contributed by atoms with van der Waals surface area (Å²) in [6.07, 6.45) is 7.43. The van der Waals surface area contributed by atoms with Crippen molar-refractivity contribution in [1.29, 1.82) is 0 Å². The van der Waals surface area contributed by atoms with Crippen LogP contribution in [0.1, 0.15) is 37.7 Å². The van der Waals surface area contributed by atoms with E-state index in [-0.39, 0.29) is 64.9 Å². The smallest absolute Gasteiger partial charge is 0.319 e. The Bertz CT molecular complexity index is 1930. The Morgan fingerprint density at radius 1 is 1.02 bits per heavy atom. The Labute approximate surface area is 262 Å². The van der Waals surface area contributed by atoms with Crippen molar-refractivity contribution in [2.45, 2.75) is 49.7 Å². The second-order valence-corrected chi connectivity index (χ2v) is 13.2. The first-order chi connectivity index (χ1) is 22.1. The first kappa shape index (κ1) is 29.2. The molecule has 2 unspecified atom stereocenters. The Kier molecular flexibility index (Phi) is 6.63. The molecular formula is C35H31F5N4O2. The average Bonchev–Trinajstić information content (AvgIpc) is 3.56. The quantitative estimate of drug-likeness (QED) is 0.192. The monoisotopic (exact) mass is 634 g/mol. The number of nitrogens with zero attached hydrogens (tertiary/aromatic N) is 4. The van der Waals surface area contributed by atoms with Crippen molar-refractivity contribution in [2.75, 3.05) is 37.7 Å². The number of halogens is 5. The molecule has 6 nitrogen and oxygen atoms in total. The third-order valence-corrected chi connectivity index (χ3v) is 10.6. The van der Waals surface area contributed by atoms with Gasteiger partial charge in [-0.2, -0.15) is 9.97 Å². The normalized spacial score (nSPS) is 27.0. The second kappa shape index (κ2) is 10.4. The van der Waals surface area contributed by atoms with Gasteiger partial charge in [-0.15, -0.1) is 6.42 Å². The van der Waals surface area contributed by atoms with E-state index in [0.29, 0.717) is 36.6 Å². The number of anilines is 1. The number of hydrogen-bond donors (Lipinski definition) is 1. The van der Waals surface area contributed by atoms with E-state index in [9.17, 15) is 22.7 Å². The number of ether oxygens (including phenoxy) is 1. The van der Waals surface area contributed by atoms with Crippen LogP contribution in [0.5, 0.6) is 11.8 Å². The number of aromatic nitrogens is 2. The number of aromatic hydroxyl groups is 1. The first-order valence-corrected chi connectivity index (χ1v) is 15.6. The molecule has 0 spiro atoms. The maximum Gasteiger partial charge on any atom is 0.319 e. The third-order valence-electron chi connectivity index (χ3n) is 10.6. The van der Waals surface area contributed by atoms with Crippen molar-refractivity contribution in [1.82, 2.24) is 14.9 Å². The molecule has 4 aliphatic rings. The molecule has 238 valence electrons. The zero-order chi connectivity index (χ0) is 32.0. The lowest BCUT2D eigenvalue weighted by atomic mass is 9.92. The molecule has 4 fully saturated rings. The molecular weight excluding hydrogens is 603 g/mol. The SMILES string of the molecule is C#Cc1c(F)ccc2cc(O)cc(-c3ccc4c(N5CC6CCC(C5)C6(F)F)nc(OC[C@@]56CCCN5C[C@H](F)C6)nc4c3F)c12. The molecule has 3 aliphatic heterocycles. The van der Waals surface area contributed by atoms with E-state index >= 15 is 4.39 Å². The topological polar surface area (TPSA) is 61.7 Å². The average molecular weight is 635 g/mol. The third kappa shape index (κ3) is 4.40. The lowest BCUT2D eigenvalue weighted by Gasteiger charge is -2.38. The molecule has 0 radical (unpaired) electrons. The Morgan fingerprint density at radius 2 is 1.80 bits per heavy atom. The number of phenols is 1. The number of rotatable bonds is 5. The second-order valence-electron chi connectivity index (χ2n) is 13.2. The number of fused-ring (bicyclic) bond motifs is 5. The summed E-state index contributed by atoms with van der Waals surface area (Å²) < 4.78 is 82.0. The Morgan fingerprint density at radius 3 is 2.57 bits per heavy atom. The van der Waals surface area contributed by atoms with Crippen LogP contribution in [0.3, 0.4) is 0 Å². The fourth-order valence-electron chi connectivity index (χ4n) is 8.39. The van der Waals surface area contributed by atoms with Gasteiger partial charge in [-0.05, 0) is 67.4 Å². The minimum Gasteiger partial charge on any atom is -0.508 e. The van der Waals surface area contributed by atoms with Crippen LogP contribution in [0.4, 0.5) is 27.8 Å². The van der Waals surface area contributed by atoms with Crippen LogP contribution in [0, 0.1) is 35.8 Å². The van der Waals surface area contributed by atoms with Gasteiger partial charge in [0.1, 0.15) is 35.7 Å². The van der Waals surface area contributed by atoms with Crippen molar-refractivity contribution in [3.8, 4) is 35.2 Å². The van der Waals surface area contributed by atoms with Crippen LogP contribution in [0.15, 0.2) is 36.4 Å². The minimum absolute atomic E-state index is 0.00738. The molecule has 4 aromatic rings. The Balaban J connectivity index is 1.28.